The number of fused-ring (bicyclic) bond motifs is 1. The molecule has 1 atom stereocenters. The molecule has 0 spiro atoms. The number of Topliss-reactive ketones (excluding diaryl/α,β-unsaturated/α-hetero) is 1. The van der Waals surface area contributed by atoms with Crippen LogP contribution in [0.3, 0.4) is 0 Å². The van der Waals surface area contributed by atoms with Crippen LogP contribution < -0.4 is 5.73 Å². The highest BCUT2D eigenvalue weighted by atomic mass is 32.2. The number of aromatic nitrogens is 1. The lowest BCUT2D eigenvalue weighted by Gasteiger charge is -2.45. The van der Waals surface area contributed by atoms with Crippen LogP contribution in [-0.2, 0) is 10.0 Å². The Kier molecular flexibility index (Phi) is 6.81. The van der Waals surface area contributed by atoms with Gasteiger partial charge in [0.1, 0.15) is 11.5 Å². The number of hydrogen-bond donors (Lipinski definition) is 1. The fourth-order valence-electron chi connectivity index (χ4n) is 5.15. The molecule has 9 heteroatoms. The smallest absolute Gasteiger partial charge is 0.243 e. The molecule has 7 nitrogen and oxygen atoms in total. The SMILES string of the molecule is Cc1ccccc1S(=O)(=O)N1CCC2=CC(=Nc3ccc(F)cc3)C(=CN)CC2(C(=O)c2ccccn2)C1. The van der Waals surface area contributed by atoms with Crippen molar-refractivity contribution in [2.75, 3.05) is 13.1 Å². The lowest BCUT2D eigenvalue weighted by Crippen LogP contribution is -2.53. The highest BCUT2D eigenvalue weighted by molar-refractivity contribution is 7.89. The summed E-state index contributed by atoms with van der Waals surface area (Å²) in [7, 11) is -3.87. The first-order valence-corrected chi connectivity index (χ1v) is 13.7. The Morgan fingerprint density at radius 3 is 2.53 bits per heavy atom. The average Bonchev–Trinajstić information content (AvgIpc) is 2.93. The molecule has 0 radical (unpaired) electrons. The van der Waals surface area contributed by atoms with E-state index in [0.717, 1.165) is 5.57 Å². The Bertz CT molecular complexity index is 1580. The van der Waals surface area contributed by atoms with E-state index in [1.54, 1.807) is 67.7 Å². The third-order valence-corrected chi connectivity index (χ3v) is 9.15. The second-order valence-corrected chi connectivity index (χ2v) is 11.4. The number of aryl methyl sites for hydroxylation is 1. The number of carbonyl (C=O) groups is 1. The Morgan fingerprint density at radius 1 is 1.11 bits per heavy atom. The van der Waals surface area contributed by atoms with Crippen LogP contribution in [0.4, 0.5) is 10.1 Å². The van der Waals surface area contributed by atoms with Gasteiger partial charge in [0.25, 0.3) is 0 Å². The zero-order valence-electron chi connectivity index (χ0n) is 20.8. The van der Waals surface area contributed by atoms with Crippen LogP contribution in [0.1, 0.15) is 28.9 Å². The lowest BCUT2D eigenvalue weighted by atomic mass is 9.64. The van der Waals surface area contributed by atoms with Crippen molar-refractivity contribution in [1.82, 2.24) is 9.29 Å². The summed E-state index contributed by atoms with van der Waals surface area (Å²) >= 11 is 0. The van der Waals surface area contributed by atoms with Crippen molar-refractivity contribution in [3.63, 3.8) is 0 Å². The number of hydrogen-bond acceptors (Lipinski definition) is 6. The van der Waals surface area contributed by atoms with Gasteiger partial charge < -0.3 is 5.73 Å². The topological polar surface area (TPSA) is 106 Å². The van der Waals surface area contributed by atoms with Crippen molar-refractivity contribution in [2.45, 2.75) is 24.7 Å². The fourth-order valence-corrected chi connectivity index (χ4v) is 6.88. The van der Waals surface area contributed by atoms with E-state index in [-0.39, 0.29) is 41.7 Å². The number of rotatable bonds is 5. The number of pyridine rings is 1. The molecule has 1 aromatic heterocycles. The molecule has 1 fully saturated rings. The van der Waals surface area contributed by atoms with E-state index in [4.69, 9.17) is 5.73 Å². The van der Waals surface area contributed by atoms with Crippen LogP contribution in [0.25, 0.3) is 0 Å². The van der Waals surface area contributed by atoms with E-state index in [2.05, 4.69) is 9.98 Å². The van der Waals surface area contributed by atoms with Gasteiger partial charge in [-0.25, -0.2) is 17.8 Å². The molecule has 194 valence electrons. The van der Waals surface area contributed by atoms with Crippen LogP contribution in [0, 0.1) is 18.2 Å². The van der Waals surface area contributed by atoms with Crippen LogP contribution in [0.5, 0.6) is 0 Å². The number of benzene rings is 2. The number of nitrogens with zero attached hydrogens (tertiary/aromatic N) is 3. The number of nitrogens with two attached hydrogens (primary N) is 1. The summed E-state index contributed by atoms with van der Waals surface area (Å²) in [6.07, 6.45) is 5.26. The van der Waals surface area contributed by atoms with Crippen LogP contribution >= 0.6 is 0 Å². The Hall–Kier alpha value is -3.95. The standard InChI is InChI=1S/C29H27FN4O3S/c1-20-6-2-3-8-27(20)38(36,37)34-15-13-22-16-26(33-24-11-9-23(30)10-12-24)21(18-31)17-29(22,19-34)28(35)25-7-4-5-14-32-25/h2-12,14,16,18H,13,15,17,19,31H2,1H3. The first-order chi connectivity index (χ1) is 18.2. The number of allylic oxidation sites excluding steroid dienone is 2. The molecular formula is C29H27FN4O3S. The molecule has 0 amide bonds. The predicted molar refractivity (Wildman–Crippen MR) is 144 cm³/mol. The van der Waals surface area contributed by atoms with Crippen molar-refractivity contribution >= 4 is 27.2 Å². The minimum atomic E-state index is -3.87. The van der Waals surface area contributed by atoms with Crippen molar-refractivity contribution in [2.24, 2.45) is 16.1 Å². The summed E-state index contributed by atoms with van der Waals surface area (Å²) in [5.74, 6) is -0.637. The molecular weight excluding hydrogens is 503 g/mol. The second-order valence-electron chi connectivity index (χ2n) is 9.49. The van der Waals surface area contributed by atoms with Gasteiger partial charge in [-0.3, -0.25) is 9.78 Å². The number of aliphatic imine (C=N–C) groups is 1. The van der Waals surface area contributed by atoms with Gasteiger partial charge in [-0.15, -0.1) is 0 Å². The molecule has 3 aromatic rings. The van der Waals surface area contributed by atoms with E-state index in [0.29, 0.717) is 29.0 Å². The quantitative estimate of drug-likeness (QED) is 0.480. The highest BCUT2D eigenvalue weighted by Crippen LogP contribution is 2.47. The number of ketones is 1. The molecule has 2 N–H and O–H groups in total. The van der Waals surface area contributed by atoms with Gasteiger partial charge in [-0.1, -0.05) is 29.8 Å². The van der Waals surface area contributed by atoms with Gasteiger partial charge in [-0.2, -0.15) is 4.31 Å². The third kappa shape index (κ3) is 4.59. The Morgan fingerprint density at radius 2 is 1.84 bits per heavy atom. The van der Waals surface area contributed by atoms with Gasteiger partial charge in [0.2, 0.25) is 10.0 Å². The van der Waals surface area contributed by atoms with Crippen LogP contribution in [-0.4, -0.2) is 42.3 Å². The van der Waals surface area contributed by atoms with Gasteiger partial charge in [0.05, 0.1) is 21.7 Å². The third-order valence-electron chi connectivity index (χ3n) is 7.14. The summed E-state index contributed by atoms with van der Waals surface area (Å²) < 4.78 is 42.3. The number of piperidine rings is 1. The van der Waals surface area contributed by atoms with E-state index >= 15 is 0 Å². The summed E-state index contributed by atoms with van der Waals surface area (Å²) in [6, 6.07) is 17.7. The molecule has 1 saturated heterocycles. The second kappa shape index (κ2) is 10.1. The monoisotopic (exact) mass is 530 g/mol. The van der Waals surface area contributed by atoms with Gasteiger partial charge >= 0.3 is 0 Å². The molecule has 38 heavy (non-hydrogen) atoms. The maximum atomic E-state index is 14.1. The normalized spacial score (nSPS) is 22.2. The van der Waals surface area contributed by atoms with Crippen molar-refractivity contribution in [1.29, 1.82) is 0 Å². The number of halogens is 1. The minimum absolute atomic E-state index is 0.0495. The molecule has 2 heterocycles. The maximum absolute atomic E-state index is 14.1. The molecule has 0 bridgehead atoms. The molecule has 1 aliphatic carbocycles. The minimum Gasteiger partial charge on any atom is -0.404 e. The summed E-state index contributed by atoms with van der Waals surface area (Å²) in [4.78, 5) is 23.3. The first kappa shape index (κ1) is 25.7. The number of carbonyl (C=O) groups excluding carboxylic acids is 1. The maximum Gasteiger partial charge on any atom is 0.243 e. The largest absolute Gasteiger partial charge is 0.404 e. The van der Waals surface area contributed by atoms with Crippen LogP contribution in [0.2, 0.25) is 0 Å². The highest BCUT2D eigenvalue weighted by Gasteiger charge is 2.51. The van der Waals surface area contributed by atoms with Crippen molar-refractivity contribution in [3.05, 3.63) is 113 Å². The van der Waals surface area contributed by atoms with E-state index in [1.165, 1.54) is 22.6 Å². The summed E-state index contributed by atoms with van der Waals surface area (Å²) in [5.41, 5.74) is 8.20. The molecule has 0 saturated carbocycles. The van der Waals surface area contributed by atoms with Crippen molar-refractivity contribution in [3.8, 4) is 0 Å². The van der Waals surface area contributed by atoms with Crippen LogP contribution in [0.15, 0.2) is 106 Å². The Balaban J connectivity index is 1.63. The molecule has 1 unspecified atom stereocenters. The molecule has 2 aromatic carbocycles. The van der Waals surface area contributed by atoms with Gasteiger partial charge in [-0.05, 0) is 85.6 Å². The van der Waals surface area contributed by atoms with E-state index in [9.17, 15) is 17.6 Å². The van der Waals surface area contributed by atoms with Gasteiger partial charge in [0.15, 0.2) is 5.78 Å². The summed E-state index contributed by atoms with van der Waals surface area (Å²) in [5, 5.41) is 0. The molecule has 5 rings (SSSR count). The molecule has 2 aliphatic rings. The van der Waals surface area contributed by atoms with Crippen molar-refractivity contribution < 1.29 is 17.6 Å². The zero-order chi connectivity index (χ0) is 26.9. The summed E-state index contributed by atoms with van der Waals surface area (Å²) in [6.45, 7) is 1.92. The zero-order valence-corrected chi connectivity index (χ0v) is 21.7. The first-order valence-electron chi connectivity index (χ1n) is 12.2. The predicted octanol–water partition coefficient (Wildman–Crippen LogP) is 4.74. The van der Waals surface area contributed by atoms with E-state index < -0.39 is 15.4 Å². The fraction of sp³-hybridized carbons (Fsp3) is 0.207. The lowest BCUT2D eigenvalue weighted by molar-refractivity contribution is 0.0770. The average molecular weight is 531 g/mol. The van der Waals surface area contributed by atoms with Gasteiger partial charge in [0, 0.05) is 19.3 Å². The number of sulfonamides is 1. The van der Waals surface area contributed by atoms with E-state index in [1.807, 2.05) is 6.08 Å². The Labute approximate surface area is 221 Å². The molecule has 1 aliphatic heterocycles.